The van der Waals surface area contributed by atoms with Crippen molar-refractivity contribution in [2.24, 2.45) is 0 Å². The largest absolute Gasteiger partial charge is 0.384 e. The zero-order valence-corrected chi connectivity index (χ0v) is 13.5. The number of nitrogens with zero attached hydrogens (tertiary/aromatic N) is 1. The molecule has 1 spiro atoms. The van der Waals surface area contributed by atoms with Gasteiger partial charge >= 0.3 is 0 Å². The van der Waals surface area contributed by atoms with Gasteiger partial charge in [0, 0.05) is 22.5 Å². The fourth-order valence-corrected chi connectivity index (χ4v) is 4.13. The molecule has 1 aliphatic heterocycles. The third-order valence-electron chi connectivity index (χ3n) is 4.72. The first-order chi connectivity index (χ1) is 11.2. The summed E-state index contributed by atoms with van der Waals surface area (Å²) in [4.78, 5) is 17.5. The van der Waals surface area contributed by atoms with Gasteiger partial charge in [0.15, 0.2) is 0 Å². The number of aromatic nitrogens is 1. The summed E-state index contributed by atoms with van der Waals surface area (Å²) < 4.78 is 3.33. The topological polar surface area (TPSA) is 80.0 Å². The van der Waals surface area contributed by atoms with Crippen molar-refractivity contribution in [1.29, 1.82) is 0 Å². The molecular weight excluding hydrogens is 320 g/mol. The van der Waals surface area contributed by atoms with E-state index in [4.69, 9.17) is 5.73 Å². The summed E-state index contributed by atoms with van der Waals surface area (Å²) in [6.45, 7) is 0. The molecule has 5 nitrogen and oxygen atoms in total. The fourth-order valence-electron chi connectivity index (χ4n) is 3.52. The molecule has 0 saturated heterocycles. The molecule has 2 aliphatic rings. The van der Waals surface area contributed by atoms with Crippen LogP contribution in [0, 0.1) is 0 Å². The Bertz CT molecular complexity index is 754. The third kappa shape index (κ3) is 2.71. The van der Waals surface area contributed by atoms with Crippen molar-refractivity contribution in [2.75, 3.05) is 15.8 Å². The number of pyridine rings is 1. The SMILES string of the molecule is C.Nc1ccc(SNc2ccc3c(c2)C2(CCCC2)C(=O)N3)cn1. The quantitative estimate of drug-likeness (QED) is 0.729. The lowest BCUT2D eigenvalue weighted by Gasteiger charge is -2.21. The predicted molar refractivity (Wildman–Crippen MR) is 100 cm³/mol. The van der Waals surface area contributed by atoms with Gasteiger partial charge in [-0.25, -0.2) is 4.98 Å². The molecule has 4 rings (SSSR count). The third-order valence-corrected chi connectivity index (χ3v) is 5.54. The second-order valence-electron chi connectivity index (χ2n) is 6.13. The lowest BCUT2D eigenvalue weighted by Crippen LogP contribution is -2.30. The van der Waals surface area contributed by atoms with Crippen molar-refractivity contribution in [3.63, 3.8) is 0 Å². The Morgan fingerprint density at radius 3 is 2.71 bits per heavy atom. The van der Waals surface area contributed by atoms with Crippen LogP contribution >= 0.6 is 11.9 Å². The van der Waals surface area contributed by atoms with E-state index in [1.54, 1.807) is 12.3 Å². The van der Waals surface area contributed by atoms with Gasteiger partial charge < -0.3 is 15.8 Å². The summed E-state index contributed by atoms with van der Waals surface area (Å²) >= 11 is 1.49. The maximum atomic E-state index is 12.4. The van der Waals surface area contributed by atoms with Gasteiger partial charge in [-0.1, -0.05) is 20.3 Å². The molecule has 0 radical (unpaired) electrons. The number of hydrogen-bond acceptors (Lipinski definition) is 5. The van der Waals surface area contributed by atoms with E-state index >= 15 is 0 Å². The Labute approximate surface area is 146 Å². The van der Waals surface area contributed by atoms with Gasteiger partial charge in [-0.3, -0.25) is 4.79 Å². The Balaban J connectivity index is 0.00000169. The van der Waals surface area contributed by atoms with Crippen molar-refractivity contribution in [3.05, 3.63) is 42.1 Å². The molecule has 4 N–H and O–H groups in total. The van der Waals surface area contributed by atoms with Gasteiger partial charge in [0.25, 0.3) is 0 Å². The highest BCUT2D eigenvalue weighted by atomic mass is 32.2. The van der Waals surface area contributed by atoms with E-state index in [0.717, 1.165) is 47.5 Å². The number of benzene rings is 1. The number of nitrogens with one attached hydrogen (secondary N) is 2. The minimum atomic E-state index is -0.305. The van der Waals surface area contributed by atoms with Crippen LogP contribution in [-0.2, 0) is 10.2 Å². The molecule has 2 heterocycles. The van der Waals surface area contributed by atoms with Crippen LogP contribution in [0.3, 0.4) is 0 Å². The Morgan fingerprint density at radius 2 is 2.00 bits per heavy atom. The molecule has 0 atom stereocenters. The number of carbonyl (C=O) groups is 1. The van der Waals surface area contributed by atoms with E-state index in [1.165, 1.54) is 11.9 Å². The minimum Gasteiger partial charge on any atom is -0.384 e. The van der Waals surface area contributed by atoms with Crippen LogP contribution in [0.1, 0.15) is 38.7 Å². The molecule has 1 fully saturated rings. The number of hydrogen-bond donors (Lipinski definition) is 3. The number of nitrogen functional groups attached to an aromatic ring is 1. The van der Waals surface area contributed by atoms with E-state index < -0.39 is 0 Å². The summed E-state index contributed by atoms with van der Waals surface area (Å²) in [7, 11) is 0. The molecule has 0 bridgehead atoms. The summed E-state index contributed by atoms with van der Waals surface area (Å²) in [5.41, 5.74) is 8.38. The summed E-state index contributed by atoms with van der Waals surface area (Å²) in [6.07, 6.45) is 5.88. The molecule has 0 unspecified atom stereocenters. The van der Waals surface area contributed by atoms with Crippen molar-refractivity contribution < 1.29 is 4.79 Å². The highest BCUT2D eigenvalue weighted by Gasteiger charge is 2.48. The van der Waals surface area contributed by atoms with Crippen LogP contribution in [0.5, 0.6) is 0 Å². The molecule has 1 saturated carbocycles. The van der Waals surface area contributed by atoms with Gasteiger partial charge in [-0.15, -0.1) is 0 Å². The van der Waals surface area contributed by atoms with E-state index in [1.807, 2.05) is 18.2 Å². The van der Waals surface area contributed by atoms with Gasteiger partial charge in [0.05, 0.1) is 5.41 Å². The lowest BCUT2D eigenvalue weighted by atomic mass is 9.80. The highest BCUT2D eigenvalue weighted by Crippen LogP contribution is 2.49. The van der Waals surface area contributed by atoms with Crippen LogP contribution < -0.4 is 15.8 Å². The maximum absolute atomic E-state index is 12.4. The average molecular weight is 342 g/mol. The molecule has 1 aliphatic carbocycles. The zero-order chi connectivity index (χ0) is 15.9. The van der Waals surface area contributed by atoms with Crippen molar-refractivity contribution in [2.45, 2.75) is 43.4 Å². The van der Waals surface area contributed by atoms with Crippen LogP contribution in [0.2, 0.25) is 0 Å². The Kier molecular flexibility index (Phi) is 4.41. The van der Waals surface area contributed by atoms with Gasteiger partial charge in [-0.05, 0) is 60.7 Å². The maximum Gasteiger partial charge on any atom is 0.235 e. The second-order valence-corrected chi connectivity index (χ2v) is 7.01. The van der Waals surface area contributed by atoms with E-state index in [9.17, 15) is 4.79 Å². The molecule has 2 aromatic rings. The zero-order valence-electron chi connectivity index (χ0n) is 12.6. The van der Waals surface area contributed by atoms with E-state index in [2.05, 4.69) is 21.1 Å². The second kappa shape index (κ2) is 6.36. The minimum absolute atomic E-state index is 0. The standard InChI is InChI=1S/C17H18N4OS.CH4/c18-15-6-4-12(10-19-15)23-21-11-3-5-14-13(9-11)17(16(22)20-14)7-1-2-8-17;/h3-6,9-10,21H,1-2,7-8H2,(H2,18,19)(H,20,22);1H4. The van der Waals surface area contributed by atoms with Gasteiger partial charge in [0.2, 0.25) is 5.91 Å². The number of anilines is 3. The van der Waals surface area contributed by atoms with Crippen molar-refractivity contribution >= 4 is 35.0 Å². The first-order valence-electron chi connectivity index (χ1n) is 7.78. The van der Waals surface area contributed by atoms with Crippen LogP contribution in [0.15, 0.2) is 41.4 Å². The number of fused-ring (bicyclic) bond motifs is 2. The first-order valence-corrected chi connectivity index (χ1v) is 8.59. The fraction of sp³-hybridized carbons (Fsp3) is 0.333. The number of carbonyl (C=O) groups excluding carboxylic acids is 1. The molecule has 1 aromatic carbocycles. The molecule has 126 valence electrons. The normalized spacial score (nSPS) is 17.2. The lowest BCUT2D eigenvalue weighted by molar-refractivity contribution is -0.120. The summed E-state index contributed by atoms with van der Waals surface area (Å²) in [5.74, 6) is 0.678. The van der Waals surface area contributed by atoms with Crippen LogP contribution in [-0.4, -0.2) is 10.9 Å². The smallest absolute Gasteiger partial charge is 0.235 e. The summed E-state index contributed by atoms with van der Waals surface area (Å²) in [6, 6.07) is 9.80. The van der Waals surface area contributed by atoms with Gasteiger partial charge in [-0.2, -0.15) is 0 Å². The van der Waals surface area contributed by atoms with Crippen LogP contribution in [0.25, 0.3) is 0 Å². The number of rotatable bonds is 3. The highest BCUT2D eigenvalue weighted by molar-refractivity contribution is 8.00. The van der Waals surface area contributed by atoms with E-state index in [0.29, 0.717) is 5.82 Å². The molecular formula is C18H22N4OS. The molecule has 24 heavy (non-hydrogen) atoms. The molecule has 1 aromatic heterocycles. The Hall–Kier alpha value is -2.21. The molecule has 1 amide bonds. The Morgan fingerprint density at radius 1 is 1.21 bits per heavy atom. The van der Waals surface area contributed by atoms with Crippen LogP contribution in [0.4, 0.5) is 17.2 Å². The summed E-state index contributed by atoms with van der Waals surface area (Å²) in [5, 5.41) is 3.04. The monoisotopic (exact) mass is 342 g/mol. The predicted octanol–water partition coefficient (Wildman–Crippen LogP) is 4.18. The number of nitrogens with two attached hydrogens (primary N) is 1. The number of amides is 1. The van der Waals surface area contributed by atoms with Crippen molar-refractivity contribution in [3.8, 4) is 0 Å². The van der Waals surface area contributed by atoms with E-state index in [-0.39, 0.29) is 18.7 Å². The van der Waals surface area contributed by atoms with Crippen molar-refractivity contribution in [1.82, 2.24) is 4.98 Å². The van der Waals surface area contributed by atoms with Gasteiger partial charge in [0.1, 0.15) is 5.82 Å². The molecule has 6 heteroatoms. The first kappa shape index (κ1) is 16.6. The average Bonchev–Trinajstić information content (AvgIpc) is 3.15.